The zero-order valence-electron chi connectivity index (χ0n) is 9.50. The van der Waals surface area contributed by atoms with E-state index in [0.717, 1.165) is 25.2 Å². The van der Waals surface area contributed by atoms with Crippen molar-refractivity contribution in [2.24, 2.45) is 5.92 Å². The lowest BCUT2D eigenvalue weighted by Crippen LogP contribution is -2.24. The van der Waals surface area contributed by atoms with Crippen LogP contribution in [-0.4, -0.2) is 24.2 Å². The quantitative estimate of drug-likeness (QED) is 0.634. The summed E-state index contributed by atoms with van der Waals surface area (Å²) in [6, 6.07) is 0. The van der Waals surface area contributed by atoms with Crippen LogP contribution in [0.4, 0.5) is 0 Å². The summed E-state index contributed by atoms with van der Waals surface area (Å²) in [5.41, 5.74) is 0. The molecule has 3 heteroatoms. The van der Waals surface area contributed by atoms with Gasteiger partial charge in [0.1, 0.15) is 0 Å². The van der Waals surface area contributed by atoms with Gasteiger partial charge in [0.15, 0.2) is 0 Å². The smallest absolute Gasteiger partial charge is 0.220 e. The first-order valence-electron chi connectivity index (χ1n) is 6.20. The second-order valence-corrected chi connectivity index (χ2v) is 4.47. The number of aliphatic hydroxyl groups is 1. The summed E-state index contributed by atoms with van der Waals surface area (Å²) >= 11 is 0. The topological polar surface area (TPSA) is 49.3 Å². The van der Waals surface area contributed by atoms with Crippen LogP contribution in [-0.2, 0) is 4.79 Å². The molecular formula is C12H23NO2. The minimum absolute atomic E-state index is 0.180. The van der Waals surface area contributed by atoms with E-state index in [-0.39, 0.29) is 12.5 Å². The number of hydrogen-bond donors (Lipinski definition) is 2. The minimum Gasteiger partial charge on any atom is -0.396 e. The Balaban J connectivity index is 1.93. The van der Waals surface area contributed by atoms with Crippen LogP contribution in [0, 0.1) is 5.92 Å². The molecule has 0 aromatic heterocycles. The van der Waals surface area contributed by atoms with Gasteiger partial charge in [0, 0.05) is 19.6 Å². The van der Waals surface area contributed by atoms with Crippen molar-refractivity contribution in [3.8, 4) is 0 Å². The summed E-state index contributed by atoms with van der Waals surface area (Å²) < 4.78 is 0. The molecule has 0 spiro atoms. The molecule has 1 saturated carbocycles. The molecule has 0 heterocycles. The molecule has 0 radical (unpaired) electrons. The van der Waals surface area contributed by atoms with Crippen molar-refractivity contribution >= 4 is 5.91 Å². The molecule has 0 aromatic rings. The third-order valence-electron chi connectivity index (χ3n) is 3.16. The molecule has 88 valence electrons. The molecule has 1 amide bonds. The fourth-order valence-corrected chi connectivity index (χ4v) is 2.19. The molecule has 3 nitrogen and oxygen atoms in total. The zero-order valence-corrected chi connectivity index (χ0v) is 9.50. The lowest BCUT2D eigenvalue weighted by Gasteiger charge is -2.08. The van der Waals surface area contributed by atoms with Gasteiger partial charge >= 0.3 is 0 Å². The Morgan fingerprint density at radius 2 is 2.00 bits per heavy atom. The monoisotopic (exact) mass is 213 g/mol. The lowest BCUT2D eigenvalue weighted by molar-refractivity contribution is -0.121. The van der Waals surface area contributed by atoms with Crippen LogP contribution in [0.2, 0.25) is 0 Å². The molecule has 1 aliphatic rings. The maximum Gasteiger partial charge on any atom is 0.220 e. The average molecular weight is 213 g/mol. The van der Waals surface area contributed by atoms with E-state index in [9.17, 15) is 4.79 Å². The first kappa shape index (κ1) is 12.5. The molecule has 0 aromatic carbocycles. The highest BCUT2D eigenvalue weighted by atomic mass is 16.2. The van der Waals surface area contributed by atoms with Crippen LogP contribution in [0.1, 0.15) is 51.4 Å². The number of carbonyl (C=O) groups excluding carboxylic acids is 1. The second-order valence-electron chi connectivity index (χ2n) is 4.47. The lowest BCUT2D eigenvalue weighted by atomic mass is 10.0. The van der Waals surface area contributed by atoms with Gasteiger partial charge in [-0.3, -0.25) is 4.79 Å². The first-order valence-corrected chi connectivity index (χ1v) is 6.20. The van der Waals surface area contributed by atoms with Crippen molar-refractivity contribution in [1.82, 2.24) is 5.32 Å². The molecule has 0 unspecified atom stereocenters. The van der Waals surface area contributed by atoms with E-state index >= 15 is 0 Å². The summed E-state index contributed by atoms with van der Waals surface area (Å²) in [6.45, 7) is 0.933. The number of amides is 1. The SMILES string of the molecule is O=C(CCC1CCCC1)NCCCCO. The molecule has 1 fully saturated rings. The van der Waals surface area contributed by atoms with E-state index in [1.54, 1.807) is 0 Å². The number of aliphatic hydroxyl groups excluding tert-OH is 1. The summed E-state index contributed by atoms with van der Waals surface area (Å²) in [6.07, 6.45) is 8.74. The van der Waals surface area contributed by atoms with Crippen molar-refractivity contribution in [3.63, 3.8) is 0 Å². The zero-order chi connectivity index (χ0) is 10.9. The summed E-state index contributed by atoms with van der Waals surface area (Å²) in [7, 11) is 0. The molecular weight excluding hydrogens is 190 g/mol. The van der Waals surface area contributed by atoms with Gasteiger partial charge in [-0.2, -0.15) is 0 Å². The summed E-state index contributed by atoms with van der Waals surface area (Å²) in [5, 5.41) is 11.5. The van der Waals surface area contributed by atoms with Gasteiger partial charge in [0.2, 0.25) is 5.91 Å². The van der Waals surface area contributed by atoms with Crippen LogP contribution in [0.3, 0.4) is 0 Å². The Kier molecular flexibility index (Phi) is 6.41. The highest BCUT2D eigenvalue weighted by Gasteiger charge is 2.15. The standard InChI is InChI=1S/C12H23NO2/c14-10-4-3-9-13-12(15)8-7-11-5-1-2-6-11/h11,14H,1-10H2,(H,13,15). The van der Waals surface area contributed by atoms with Crippen LogP contribution < -0.4 is 5.32 Å². The van der Waals surface area contributed by atoms with Gasteiger partial charge in [-0.25, -0.2) is 0 Å². The van der Waals surface area contributed by atoms with Crippen molar-refractivity contribution in [2.75, 3.05) is 13.2 Å². The molecule has 1 rings (SSSR count). The molecule has 0 bridgehead atoms. The van der Waals surface area contributed by atoms with Crippen molar-refractivity contribution in [3.05, 3.63) is 0 Å². The van der Waals surface area contributed by atoms with Gasteiger partial charge in [-0.05, 0) is 25.2 Å². The van der Waals surface area contributed by atoms with Crippen LogP contribution >= 0.6 is 0 Å². The van der Waals surface area contributed by atoms with Crippen molar-refractivity contribution < 1.29 is 9.90 Å². The van der Waals surface area contributed by atoms with E-state index in [0.29, 0.717) is 13.0 Å². The second kappa shape index (κ2) is 7.69. The fourth-order valence-electron chi connectivity index (χ4n) is 2.19. The molecule has 0 aliphatic heterocycles. The van der Waals surface area contributed by atoms with E-state index in [2.05, 4.69) is 5.32 Å². The Morgan fingerprint density at radius 3 is 2.67 bits per heavy atom. The number of carbonyl (C=O) groups is 1. The van der Waals surface area contributed by atoms with Gasteiger partial charge in [-0.15, -0.1) is 0 Å². The van der Waals surface area contributed by atoms with Crippen molar-refractivity contribution in [1.29, 1.82) is 0 Å². The third kappa shape index (κ3) is 5.78. The Bertz CT molecular complexity index is 176. The van der Waals surface area contributed by atoms with E-state index in [1.165, 1.54) is 25.7 Å². The highest BCUT2D eigenvalue weighted by molar-refractivity contribution is 5.75. The van der Waals surface area contributed by atoms with Crippen LogP contribution in [0.5, 0.6) is 0 Å². The highest BCUT2D eigenvalue weighted by Crippen LogP contribution is 2.28. The van der Waals surface area contributed by atoms with Gasteiger partial charge in [0.25, 0.3) is 0 Å². The van der Waals surface area contributed by atoms with Gasteiger partial charge in [0.05, 0.1) is 0 Å². The summed E-state index contributed by atoms with van der Waals surface area (Å²) in [5.74, 6) is 0.980. The molecule has 1 aliphatic carbocycles. The van der Waals surface area contributed by atoms with E-state index < -0.39 is 0 Å². The van der Waals surface area contributed by atoms with Crippen molar-refractivity contribution in [2.45, 2.75) is 51.4 Å². The van der Waals surface area contributed by atoms with E-state index in [4.69, 9.17) is 5.11 Å². The number of hydrogen-bond acceptors (Lipinski definition) is 2. The third-order valence-corrected chi connectivity index (χ3v) is 3.16. The Hall–Kier alpha value is -0.570. The largest absolute Gasteiger partial charge is 0.396 e. The van der Waals surface area contributed by atoms with E-state index in [1.807, 2.05) is 0 Å². The fraction of sp³-hybridized carbons (Fsp3) is 0.917. The molecule has 0 atom stereocenters. The molecule has 2 N–H and O–H groups in total. The molecule has 15 heavy (non-hydrogen) atoms. The normalized spacial score (nSPS) is 16.9. The number of nitrogens with one attached hydrogen (secondary N) is 1. The van der Waals surface area contributed by atoms with Crippen LogP contribution in [0.15, 0.2) is 0 Å². The maximum atomic E-state index is 11.4. The molecule has 0 saturated heterocycles. The Morgan fingerprint density at radius 1 is 1.27 bits per heavy atom. The van der Waals surface area contributed by atoms with Gasteiger partial charge in [-0.1, -0.05) is 25.7 Å². The minimum atomic E-state index is 0.180. The summed E-state index contributed by atoms with van der Waals surface area (Å²) in [4.78, 5) is 11.4. The predicted molar refractivity (Wildman–Crippen MR) is 60.5 cm³/mol. The predicted octanol–water partition coefficient (Wildman–Crippen LogP) is 1.85. The number of rotatable bonds is 7. The van der Waals surface area contributed by atoms with Gasteiger partial charge < -0.3 is 10.4 Å². The Labute approximate surface area is 92.3 Å². The first-order chi connectivity index (χ1) is 7.33. The number of unbranched alkanes of at least 4 members (excludes halogenated alkanes) is 1. The average Bonchev–Trinajstić information content (AvgIpc) is 2.74. The van der Waals surface area contributed by atoms with Crippen LogP contribution in [0.25, 0.3) is 0 Å². The maximum absolute atomic E-state index is 11.4.